The van der Waals surface area contributed by atoms with E-state index in [1.54, 1.807) is 0 Å². The van der Waals surface area contributed by atoms with Gasteiger partial charge in [0.1, 0.15) is 0 Å². The van der Waals surface area contributed by atoms with Crippen LogP contribution in [0.3, 0.4) is 0 Å². The number of fused-ring (bicyclic) bond motifs is 4. The summed E-state index contributed by atoms with van der Waals surface area (Å²) in [6.45, 7) is 8.62. The average molecular weight is 419 g/mol. The number of hydrogen-bond acceptors (Lipinski definition) is 4. The maximum Gasteiger partial charge on any atom is 0.0963 e. The van der Waals surface area contributed by atoms with Crippen LogP contribution >= 0.6 is 0 Å². The molecule has 2 fully saturated rings. The van der Waals surface area contributed by atoms with Crippen LogP contribution in [0.4, 0.5) is 0 Å². The summed E-state index contributed by atoms with van der Waals surface area (Å²) in [5.74, 6) is 0. The molecule has 0 N–H and O–H groups in total. The van der Waals surface area contributed by atoms with Crippen LogP contribution in [-0.4, -0.2) is 49.1 Å². The molecule has 4 aliphatic rings. The summed E-state index contributed by atoms with van der Waals surface area (Å²) in [7, 11) is 0. The molecule has 0 unspecified atom stereocenters. The maximum absolute atomic E-state index is 6.32. The van der Waals surface area contributed by atoms with Crippen molar-refractivity contribution in [2.75, 3.05) is 39.3 Å². The molecule has 4 aliphatic heterocycles. The summed E-state index contributed by atoms with van der Waals surface area (Å²) in [6, 6.07) is 17.6. The van der Waals surface area contributed by atoms with Crippen LogP contribution in [0.15, 0.2) is 48.5 Å². The van der Waals surface area contributed by atoms with E-state index in [0.29, 0.717) is 0 Å². The van der Waals surface area contributed by atoms with E-state index >= 15 is 0 Å². The molecule has 0 aromatic heterocycles. The third-order valence-electron chi connectivity index (χ3n) is 8.30. The van der Waals surface area contributed by atoms with Crippen LogP contribution in [0.2, 0.25) is 0 Å². The van der Waals surface area contributed by atoms with Gasteiger partial charge in [-0.3, -0.25) is 0 Å². The van der Waals surface area contributed by atoms with E-state index in [-0.39, 0.29) is 11.2 Å². The molecule has 4 heterocycles. The predicted molar refractivity (Wildman–Crippen MR) is 122 cm³/mol. The van der Waals surface area contributed by atoms with E-state index in [4.69, 9.17) is 9.47 Å². The van der Waals surface area contributed by atoms with E-state index in [2.05, 4.69) is 58.3 Å². The minimum atomic E-state index is -0.00808. The molecule has 4 heteroatoms. The van der Waals surface area contributed by atoms with E-state index < -0.39 is 0 Å². The molecule has 4 nitrogen and oxygen atoms in total. The first-order chi connectivity index (χ1) is 15.3. The predicted octanol–water partition coefficient (Wildman–Crippen LogP) is 4.42. The third-order valence-corrected chi connectivity index (χ3v) is 8.30. The molecule has 0 amide bonds. The SMILES string of the molecule is c1ccc2c(c1)COC21CCN(CCCN2CCC3(CC2)OCc2ccccc23)CC1. The van der Waals surface area contributed by atoms with Crippen LogP contribution in [0.25, 0.3) is 0 Å². The Hall–Kier alpha value is -1.72. The lowest BCUT2D eigenvalue weighted by Gasteiger charge is -2.41. The van der Waals surface area contributed by atoms with Gasteiger partial charge in [0.2, 0.25) is 0 Å². The Morgan fingerprint density at radius 2 is 1.03 bits per heavy atom. The molecule has 6 rings (SSSR count). The first-order valence-electron chi connectivity index (χ1n) is 12.2. The Morgan fingerprint density at radius 1 is 0.613 bits per heavy atom. The quantitative estimate of drug-likeness (QED) is 0.734. The number of piperidine rings is 2. The summed E-state index contributed by atoms with van der Waals surface area (Å²) >= 11 is 0. The number of ether oxygens (including phenoxy) is 2. The lowest BCUT2D eigenvalue weighted by atomic mass is 9.83. The van der Waals surface area contributed by atoms with Gasteiger partial charge in [-0.1, -0.05) is 48.5 Å². The molecule has 0 atom stereocenters. The Labute approximate surface area is 186 Å². The molecule has 0 saturated carbocycles. The first-order valence-corrected chi connectivity index (χ1v) is 12.2. The monoisotopic (exact) mass is 418 g/mol. The fraction of sp³-hybridized carbons (Fsp3) is 0.556. The minimum absolute atomic E-state index is 0.00808. The average Bonchev–Trinajstić information content (AvgIpc) is 3.36. The fourth-order valence-corrected chi connectivity index (χ4v) is 6.39. The Morgan fingerprint density at radius 3 is 1.48 bits per heavy atom. The van der Waals surface area contributed by atoms with Crippen molar-refractivity contribution < 1.29 is 9.47 Å². The maximum atomic E-state index is 6.32. The molecule has 0 radical (unpaired) electrons. The normalized spacial score (nSPS) is 24.5. The molecule has 2 spiro atoms. The summed E-state index contributed by atoms with van der Waals surface area (Å²) in [6.07, 6.45) is 5.79. The van der Waals surface area contributed by atoms with Gasteiger partial charge in [-0.15, -0.1) is 0 Å². The zero-order chi connectivity index (χ0) is 20.7. The minimum Gasteiger partial charge on any atom is -0.365 e. The topological polar surface area (TPSA) is 24.9 Å². The van der Waals surface area contributed by atoms with Crippen molar-refractivity contribution in [3.8, 4) is 0 Å². The Balaban J connectivity index is 0.965. The highest BCUT2D eigenvalue weighted by molar-refractivity contribution is 5.36. The van der Waals surface area contributed by atoms with Crippen LogP contribution in [0.1, 0.15) is 54.4 Å². The molecule has 164 valence electrons. The van der Waals surface area contributed by atoms with Crippen LogP contribution in [-0.2, 0) is 33.9 Å². The van der Waals surface area contributed by atoms with E-state index in [1.165, 1.54) is 41.8 Å². The lowest BCUT2D eigenvalue weighted by Crippen LogP contribution is -2.45. The van der Waals surface area contributed by atoms with Crippen molar-refractivity contribution in [2.45, 2.75) is 56.5 Å². The van der Waals surface area contributed by atoms with Crippen molar-refractivity contribution in [3.63, 3.8) is 0 Å². The standard InChI is InChI=1S/C27H34N2O2/c1-3-8-24-22(6-1)20-30-26(24)10-16-28(17-11-26)14-5-15-29-18-12-27(13-19-29)25-9-4-2-7-23(25)21-31-27/h1-4,6-9H,5,10-21H2. The summed E-state index contributed by atoms with van der Waals surface area (Å²) in [4.78, 5) is 5.30. The summed E-state index contributed by atoms with van der Waals surface area (Å²) in [5, 5.41) is 0. The Bertz CT molecular complexity index is 851. The first kappa shape index (κ1) is 19.9. The van der Waals surface area contributed by atoms with Crippen LogP contribution < -0.4 is 0 Å². The molecular weight excluding hydrogens is 384 g/mol. The lowest BCUT2D eigenvalue weighted by molar-refractivity contribution is -0.0821. The smallest absolute Gasteiger partial charge is 0.0963 e. The number of likely N-dealkylation sites (tertiary alicyclic amines) is 2. The van der Waals surface area contributed by atoms with E-state index in [1.807, 2.05) is 0 Å². The van der Waals surface area contributed by atoms with E-state index in [9.17, 15) is 0 Å². The van der Waals surface area contributed by atoms with Crippen LogP contribution in [0, 0.1) is 0 Å². The van der Waals surface area contributed by atoms with Crippen molar-refractivity contribution in [3.05, 3.63) is 70.8 Å². The Kier molecular flexibility index (Phi) is 5.14. The number of rotatable bonds is 4. The second-order valence-corrected chi connectivity index (χ2v) is 9.92. The molecule has 31 heavy (non-hydrogen) atoms. The highest BCUT2D eigenvalue weighted by Gasteiger charge is 2.43. The second-order valence-electron chi connectivity index (χ2n) is 9.92. The van der Waals surface area contributed by atoms with Gasteiger partial charge >= 0.3 is 0 Å². The van der Waals surface area contributed by atoms with Gasteiger partial charge in [0, 0.05) is 26.2 Å². The molecule has 2 saturated heterocycles. The molecule has 0 aliphatic carbocycles. The summed E-state index contributed by atoms with van der Waals surface area (Å²) < 4.78 is 12.6. The fourth-order valence-electron chi connectivity index (χ4n) is 6.39. The van der Waals surface area contributed by atoms with Gasteiger partial charge in [0.15, 0.2) is 0 Å². The largest absolute Gasteiger partial charge is 0.365 e. The zero-order valence-corrected chi connectivity index (χ0v) is 18.5. The molecular formula is C27H34N2O2. The third kappa shape index (κ3) is 3.54. The second kappa shape index (κ2) is 8.00. The van der Waals surface area contributed by atoms with Crippen LogP contribution in [0.5, 0.6) is 0 Å². The highest BCUT2D eigenvalue weighted by Crippen LogP contribution is 2.45. The molecule has 0 bridgehead atoms. The van der Waals surface area contributed by atoms with Gasteiger partial charge < -0.3 is 19.3 Å². The van der Waals surface area contributed by atoms with Gasteiger partial charge in [0.05, 0.1) is 24.4 Å². The number of nitrogens with zero attached hydrogens (tertiary/aromatic N) is 2. The highest BCUT2D eigenvalue weighted by atomic mass is 16.5. The van der Waals surface area contributed by atoms with Gasteiger partial charge in [-0.25, -0.2) is 0 Å². The van der Waals surface area contributed by atoms with E-state index in [0.717, 1.165) is 65.1 Å². The summed E-state index contributed by atoms with van der Waals surface area (Å²) in [5.41, 5.74) is 5.68. The van der Waals surface area contributed by atoms with Gasteiger partial charge in [-0.2, -0.15) is 0 Å². The number of hydrogen-bond donors (Lipinski definition) is 0. The van der Waals surface area contributed by atoms with Crippen molar-refractivity contribution in [2.24, 2.45) is 0 Å². The van der Waals surface area contributed by atoms with Gasteiger partial charge in [-0.05, 0) is 67.4 Å². The zero-order valence-electron chi connectivity index (χ0n) is 18.5. The molecule has 2 aromatic rings. The number of benzene rings is 2. The molecule has 2 aromatic carbocycles. The van der Waals surface area contributed by atoms with Crippen molar-refractivity contribution >= 4 is 0 Å². The van der Waals surface area contributed by atoms with Crippen molar-refractivity contribution in [1.82, 2.24) is 9.80 Å². The van der Waals surface area contributed by atoms with Gasteiger partial charge in [0.25, 0.3) is 0 Å². The van der Waals surface area contributed by atoms with Crippen molar-refractivity contribution in [1.29, 1.82) is 0 Å².